The van der Waals surface area contributed by atoms with E-state index in [0.29, 0.717) is 22.4 Å². The summed E-state index contributed by atoms with van der Waals surface area (Å²) in [5, 5.41) is 8.90. The third-order valence-electron chi connectivity index (χ3n) is 2.80. The molecular weight excluding hydrogens is 307 g/mol. The Morgan fingerprint density at radius 1 is 1.38 bits per heavy atom. The number of nitriles is 1. The van der Waals surface area contributed by atoms with Gasteiger partial charge in [-0.2, -0.15) is 18.4 Å². The van der Waals surface area contributed by atoms with Crippen molar-refractivity contribution in [1.82, 2.24) is 9.55 Å². The van der Waals surface area contributed by atoms with Crippen LogP contribution in [0.4, 0.5) is 13.2 Å². The molecule has 0 saturated heterocycles. The standard InChI is InChI=1S/C13H11ClF3N3O/c14-6-12-19-10-2-1-9(7-18)5-11(10)20(12)3-4-21-8-13(15,16)17/h1-2,5H,3-4,6,8H2. The van der Waals surface area contributed by atoms with E-state index in [4.69, 9.17) is 16.9 Å². The Balaban J connectivity index is 2.19. The van der Waals surface area contributed by atoms with Crippen molar-refractivity contribution in [3.63, 3.8) is 0 Å². The van der Waals surface area contributed by atoms with E-state index in [-0.39, 0.29) is 19.0 Å². The van der Waals surface area contributed by atoms with Crippen LogP contribution in [0.1, 0.15) is 11.4 Å². The van der Waals surface area contributed by atoms with Gasteiger partial charge in [0.1, 0.15) is 12.4 Å². The van der Waals surface area contributed by atoms with E-state index in [1.165, 1.54) is 0 Å². The van der Waals surface area contributed by atoms with Crippen LogP contribution in [0.5, 0.6) is 0 Å². The summed E-state index contributed by atoms with van der Waals surface area (Å²) in [5.41, 5.74) is 1.74. The van der Waals surface area contributed by atoms with Gasteiger partial charge in [-0.1, -0.05) is 0 Å². The van der Waals surface area contributed by atoms with E-state index < -0.39 is 12.8 Å². The Hall–Kier alpha value is -1.78. The number of nitrogens with zero attached hydrogens (tertiary/aromatic N) is 3. The number of benzene rings is 1. The summed E-state index contributed by atoms with van der Waals surface area (Å²) in [5.74, 6) is 0.646. The molecule has 0 amide bonds. The molecule has 0 fully saturated rings. The molecule has 1 heterocycles. The molecule has 1 aromatic carbocycles. The second-order valence-corrected chi connectivity index (χ2v) is 4.56. The molecule has 0 atom stereocenters. The maximum atomic E-state index is 12.0. The van der Waals surface area contributed by atoms with Gasteiger partial charge in [0.05, 0.1) is 35.2 Å². The maximum absolute atomic E-state index is 12.0. The van der Waals surface area contributed by atoms with Gasteiger partial charge in [-0.05, 0) is 18.2 Å². The number of ether oxygens (including phenoxy) is 1. The van der Waals surface area contributed by atoms with Gasteiger partial charge in [0.25, 0.3) is 0 Å². The topological polar surface area (TPSA) is 50.8 Å². The van der Waals surface area contributed by atoms with Crippen LogP contribution in [0.3, 0.4) is 0 Å². The van der Waals surface area contributed by atoms with E-state index in [1.54, 1.807) is 22.8 Å². The smallest absolute Gasteiger partial charge is 0.370 e. The maximum Gasteiger partial charge on any atom is 0.411 e. The van der Waals surface area contributed by atoms with Gasteiger partial charge >= 0.3 is 6.18 Å². The fourth-order valence-corrected chi connectivity index (χ4v) is 2.14. The van der Waals surface area contributed by atoms with Crippen molar-refractivity contribution in [2.75, 3.05) is 13.2 Å². The van der Waals surface area contributed by atoms with Crippen molar-refractivity contribution in [3.8, 4) is 6.07 Å². The van der Waals surface area contributed by atoms with Crippen molar-refractivity contribution in [1.29, 1.82) is 5.26 Å². The number of hydrogen-bond acceptors (Lipinski definition) is 3. The summed E-state index contributed by atoms with van der Waals surface area (Å²) in [4.78, 5) is 4.28. The second-order valence-electron chi connectivity index (χ2n) is 4.30. The third-order valence-corrected chi connectivity index (χ3v) is 3.04. The van der Waals surface area contributed by atoms with Crippen LogP contribution in [0, 0.1) is 11.3 Å². The predicted octanol–water partition coefficient (Wildman–Crippen LogP) is 3.23. The van der Waals surface area contributed by atoms with Gasteiger partial charge in [0, 0.05) is 6.54 Å². The minimum atomic E-state index is -4.35. The van der Waals surface area contributed by atoms with Crippen LogP contribution in [0.15, 0.2) is 18.2 Å². The van der Waals surface area contributed by atoms with Crippen LogP contribution in [0.2, 0.25) is 0 Å². The number of hydrogen-bond donors (Lipinski definition) is 0. The van der Waals surface area contributed by atoms with Gasteiger partial charge in [-0.15, -0.1) is 11.6 Å². The van der Waals surface area contributed by atoms with Crippen molar-refractivity contribution in [3.05, 3.63) is 29.6 Å². The lowest BCUT2D eigenvalue weighted by atomic mass is 10.2. The highest BCUT2D eigenvalue weighted by atomic mass is 35.5. The Kier molecular flexibility index (Phi) is 4.70. The van der Waals surface area contributed by atoms with Crippen LogP contribution in [-0.4, -0.2) is 28.9 Å². The zero-order chi connectivity index (χ0) is 15.5. The number of halogens is 4. The summed E-state index contributed by atoms with van der Waals surface area (Å²) in [7, 11) is 0. The summed E-state index contributed by atoms with van der Waals surface area (Å²) >= 11 is 5.79. The molecule has 0 bridgehead atoms. The SMILES string of the molecule is N#Cc1ccc2nc(CCl)n(CCOCC(F)(F)F)c2c1. The summed E-state index contributed by atoms with van der Waals surface area (Å²) in [6.45, 7) is -1.23. The van der Waals surface area contributed by atoms with E-state index in [0.717, 1.165) is 0 Å². The first-order valence-electron chi connectivity index (χ1n) is 6.04. The van der Waals surface area contributed by atoms with Crippen LogP contribution in [-0.2, 0) is 17.2 Å². The largest absolute Gasteiger partial charge is 0.411 e. The molecule has 2 aromatic rings. The van der Waals surface area contributed by atoms with Gasteiger partial charge in [-0.25, -0.2) is 4.98 Å². The molecule has 21 heavy (non-hydrogen) atoms. The van der Waals surface area contributed by atoms with Gasteiger partial charge in [0.2, 0.25) is 0 Å². The van der Waals surface area contributed by atoms with Crippen molar-refractivity contribution in [2.45, 2.75) is 18.6 Å². The van der Waals surface area contributed by atoms with E-state index in [2.05, 4.69) is 9.72 Å². The highest BCUT2D eigenvalue weighted by Crippen LogP contribution is 2.20. The van der Waals surface area contributed by atoms with E-state index >= 15 is 0 Å². The highest BCUT2D eigenvalue weighted by Gasteiger charge is 2.27. The van der Waals surface area contributed by atoms with Crippen LogP contribution >= 0.6 is 11.6 Å². The number of alkyl halides is 4. The normalized spacial score (nSPS) is 11.8. The highest BCUT2D eigenvalue weighted by molar-refractivity contribution is 6.16. The molecular formula is C13H11ClF3N3O. The lowest BCUT2D eigenvalue weighted by molar-refractivity contribution is -0.174. The lowest BCUT2D eigenvalue weighted by Crippen LogP contribution is -2.19. The molecule has 0 radical (unpaired) electrons. The molecule has 0 saturated carbocycles. The lowest BCUT2D eigenvalue weighted by Gasteiger charge is -2.10. The quantitative estimate of drug-likeness (QED) is 0.628. The average molecular weight is 318 g/mol. The molecule has 0 spiro atoms. The summed E-state index contributed by atoms with van der Waals surface area (Å²) in [6.07, 6.45) is -4.35. The predicted molar refractivity (Wildman–Crippen MR) is 70.9 cm³/mol. The average Bonchev–Trinajstić information content (AvgIpc) is 2.79. The zero-order valence-corrected chi connectivity index (χ0v) is 11.6. The molecule has 8 heteroatoms. The van der Waals surface area contributed by atoms with Gasteiger partial charge < -0.3 is 9.30 Å². The number of aromatic nitrogens is 2. The van der Waals surface area contributed by atoms with E-state index in [9.17, 15) is 13.2 Å². The first-order valence-corrected chi connectivity index (χ1v) is 6.58. The molecule has 0 aliphatic rings. The van der Waals surface area contributed by atoms with Gasteiger partial charge in [-0.3, -0.25) is 0 Å². The van der Waals surface area contributed by atoms with Gasteiger partial charge in [0.15, 0.2) is 0 Å². The van der Waals surface area contributed by atoms with Crippen LogP contribution in [0.25, 0.3) is 11.0 Å². The fourth-order valence-electron chi connectivity index (χ4n) is 1.94. The fraction of sp³-hybridized carbons (Fsp3) is 0.385. The molecule has 0 aliphatic carbocycles. The minimum Gasteiger partial charge on any atom is -0.370 e. The zero-order valence-electron chi connectivity index (χ0n) is 10.8. The molecule has 1 aromatic heterocycles. The number of fused-ring (bicyclic) bond motifs is 1. The first kappa shape index (κ1) is 15.6. The van der Waals surface area contributed by atoms with E-state index in [1.807, 2.05) is 6.07 Å². The first-order chi connectivity index (χ1) is 9.94. The molecule has 4 nitrogen and oxygen atoms in total. The molecule has 112 valence electrons. The Bertz CT molecular complexity index is 676. The number of rotatable bonds is 5. The summed E-state index contributed by atoms with van der Waals surface area (Å²) in [6, 6.07) is 6.93. The summed E-state index contributed by atoms with van der Waals surface area (Å²) < 4.78 is 42.3. The molecule has 0 N–H and O–H groups in total. The van der Waals surface area contributed by atoms with Crippen molar-refractivity contribution in [2.24, 2.45) is 0 Å². The molecule has 0 unspecified atom stereocenters. The second kappa shape index (κ2) is 6.33. The Labute approximate surface area is 123 Å². The number of imidazole rings is 1. The van der Waals surface area contributed by atoms with Crippen molar-refractivity contribution >= 4 is 22.6 Å². The van der Waals surface area contributed by atoms with Crippen molar-refractivity contribution < 1.29 is 17.9 Å². The third kappa shape index (κ3) is 3.86. The minimum absolute atomic E-state index is 0.119. The Morgan fingerprint density at radius 2 is 2.14 bits per heavy atom. The van der Waals surface area contributed by atoms with Crippen LogP contribution < -0.4 is 0 Å². The molecule has 0 aliphatic heterocycles. The monoisotopic (exact) mass is 317 g/mol. The molecule has 2 rings (SSSR count). The Morgan fingerprint density at radius 3 is 2.76 bits per heavy atom.